The fraction of sp³-hybridized carbons (Fsp3) is 0.600. The van der Waals surface area contributed by atoms with Gasteiger partial charge in [-0.1, -0.05) is 13.3 Å². The summed E-state index contributed by atoms with van der Waals surface area (Å²) in [6.45, 7) is 3.07. The van der Waals surface area contributed by atoms with Crippen LogP contribution in [0.25, 0.3) is 0 Å². The van der Waals surface area contributed by atoms with Crippen molar-refractivity contribution in [2.75, 3.05) is 18.9 Å². The minimum absolute atomic E-state index is 0.150. The molecule has 0 radical (unpaired) electrons. The van der Waals surface area contributed by atoms with Crippen LogP contribution in [0.2, 0.25) is 0 Å². The Bertz CT molecular complexity index is 431. The molecule has 1 aromatic heterocycles. The van der Waals surface area contributed by atoms with E-state index in [1.165, 1.54) is 6.42 Å². The summed E-state index contributed by atoms with van der Waals surface area (Å²) in [5.74, 6) is 0.895. The molecule has 4 heteroatoms. The molecule has 104 valence electrons. The van der Waals surface area contributed by atoms with Crippen LogP contribution >= 0.6 is 0 Å². The number of amides is 1. The molecule has 1 unspecified atom stereocenters. The van der Waals surface area contributed by atoms with Crippen LogP contribution in [0, 0.1) is 0 Å². The highest BCUT2D eigenvalue weighted by atomic mass is 16.2. The lowest BCUT2D eigenvalue weighted by molar-refractivity contribution is 0.0600. The molecular formula is C15H23N3O. The van der Waals surface area contributed by atoms with Crippen LogP contribution in [-0.4, -0.2) is 35.4 Å². The summed E-state index contributed by atoms with van der Waals surface area (Å²) in [7, 11) is 1.82. The summed E-state index contributed by atoms with van der Waals surface area (Å²) in [4.78, 5) is 18.8. The number of hydrogen-bond donors (Lipinski definition) is 1. The third-order valence-corrected chi connectivity index (χ3v) is 3.77. The van der Waals surface area contributed by atoms with Gasteiger partial charge in [-0.3, -0.25) is 4.79 Å². The number of aromatic nitrogens is 1. The van der Waals surface area contributed by atoms with Gasteiger partial charge in [-0.25, -0.2) is 4.98 Å². The number of carbonyl (C=O) groups excluding carboxylic acids is 1. The zero-order valence-corrected chi connectivity index (χ0v) is 11.9. The molecule has 1 amide bonds. The van der Waals surface area contributed by atoms with Crippen LogP contribution in [-0.2, 0) is 0 Å². The van der Waals surface area contributed by atoms with E-state index in [1.54, 1.807) is 12.3 Å². The van der Waals surface area contributed by atoms with Crippen LogP contribution in [0.1, 0.15) is 49.4 Å². The molecule has 1 N–H and O–H groups in total. The normalized spacial score (nSPS) is 19.3. The van der Waals surface area contributed by atoms with Gasteiger partial charge in [-0.2, -0.15) is 0 Å². The molecule has 2 heterocycles. The highest BCUT2D eigenvalue weighted by Gasteiger charge is 2.26. The second-order valence-electron chi connectivity index (χ2n) is 5.12. The summed E-state index contributed by atoms with van der Waals surface area (Å²) in [6, 6.07) is 4.05. The monoisotopic (exact) mass is 261 g/mol. The maximum Gasteiger partial charge on any atom is 0.254 e. The van der Waals surface area contributed by atoms with Crippen LogP contribution in [0.15, 0.2) is 18.3 Å². The average Bonchev–Trinajstić information content (AvgIpc) is 2.47. The van der Waals surface area contributed by atoms with Crippen molar-refractivity contribution < 1.29 is 4.79 Å². The van der Waals surface area contributed by atoms with E-state index in [0.29, 0.717) is 6.04 Å². The minimum atomic E-state index is 0.150. The molecule has 1 aromatic rings. The van der Waals surface area contributed by atoms with Gasteiger partial charge in [0.15, 0.2) is 0 Å². The average molecular weight is 261 g/mol. The number of hydrogen-bond acceptors (Lipinski definition) is 3. The topological polar surface area (TPSA) is 45.2 Å². The first kappa shape index (κ1) is 13.8. The van der Waals surface area contributed by atoms with E-state index in [-0.39, 0.29) is 5.91 Å². The Morgan fingerprint density at radius 1 is 1.53 bits per heavy atom. The zero-order valence-electron chi connectivity index (χ0n) is 11.9. The Hall–Kier alpha value is -1.58. The molecule has 0 bridgehead atoms. The first-order valence-electron chi connectivity index (χ1n) is 7.21. The van der Waals surface area contributed by atoms with Crippen molar-refractivity contribution in [3.63, 3.8) is 0 Å². The van der Waals surface area contributed by atoms with Gasteiger partial charge in [0.1, 0.15) is 5.82 Å². The quantitative estimate of drug-likeness (QED) is 0.906. The van der Waals surface area contributed by atoms with Gasteiger partial charge in [0.05, 0.1) is 0 Å². The van der Waals surface area contributed by atoms with Gasteiger partial charge in [0, 0.05) is 31.4 Å². The van der Waals surface area contributed by atoms with Gasteiger partial charge in [-0.15, -0.1) is 0 Å². The molecule has 19 heavy (non-hydrogen) atoms. The molecule has 2 rings (SSSR count). The number of nitrogens with one attached hydrogen (secondary N) is 1. The predicted molar refractivity (Wildman–Crippen MR) is 77.4 cm³/mol. The Kier molecular flexibility index (Phi) is 4.77. The number of carbonyl (C=O) groups is 1. The predicted octanol–water partition coefficient (Wildman–Crippen LogP) is 2.92. The van der Waals surface area contributed by atoms with Crippen molar-refractivity contribution in [3.05, 3.63) is 23.9 Å². The number of likely N-dealkylation sites (tertiary alicyclic amines) is 1. The second kappa shape index (κ2) is 6.55. The molecule has 0 aromatic carbocycles. The van der Waals surface area contributed by atoms with Gasteiger partial charge < -0.3 is 10.2 Å². The maximum absolute atomic E-state index is 12.6. The van der Waals surface area contributed by atoms with Crippen molar-refractivity contribution in [2.24, 2.45) is 0 Å². The van der Waals surface area contributed by atoms with E-state index in [2.05, 4.69) is 22.1 Å². The van der Waals surface area contributed by atoms with E-state index in [9.17, 15) is 4.79 Å². The standard InChI is InChI=1S/C15H23N3O/c1-3-6-13-7-4-5-10-18(13)15(19)12-8-9-17-14(11-12)16-2/h8-9,11,13H,3-7,10H2,1-2H3,(H,16,17). The van der Waals surface area contributed by atoms with Gasteiger partial charge in [0.25, 0.3) is 5.91 Å². The van der Waals surface area contributed by atoms with E-state index in [0.717, 1.165) is 43.6 Å². The number of anilines is 1. The SMILES string of the molecule is CCCC1CCCCN1C(=O)c1ccnc(NC)c1. The van der Waals surface area contributed by atoms with Crippen LogP contribution in [0.5, 0.6) is 0 Å². The summed E-state index contributed by atoms with van der Waals surface area (Å²) in [6.07, 6.45) is 7.44. The summed E-state index contributed by atoms with van der Waals surface area (Å²) in [5, 5.41) is 2.98. The van der Waals surface area contributed by atoms with Gasteiger partial charge >= 0.3 is 0 Å². The third-order valence-electron chi connectivity index (χ3n) is 3.77. The lowest BCUT2D eigenvalue weighted by atomic mass is 9.97. The molecule has 0 aliphatic carbocycles. The van der Waals surface area contributed by atoms with Crippen LogP contribution in [0.4, 0.5) is 5.82 Å². The smallest absolute Gasteiger partial charge is 0.254 e. The van der Waals surface area contributed by atoms with Crippen molar-refractivity contribution in [1.29, 1.82) is 0 Å². The molecule has 4 nitrogen and oxygen atoms in total. The second-order valence-corrected chi connectivity index (χ2v) is 5.12. The molecule has 1 aliphatic heterocycles. The van der Waals surface area contributed by atoms with Crippen molar-refractivity contribution in [1.82, 2.24) is 9.88 Å². The fourth-order valence-electron chi connectivity index (χ4n) is 2.77. The lowest BCUT2D eigenvalue weighted by Gasteiger charge is -2.36. The minimum Gasteiger partial charge on any atom is -0.373 e. The molecule has 0 spiro atoms. The van der Waals surface area contributed by atoms with Crippen LogP contribution in [0.3, 0.4) is 0 Å². The first-order valence-corrected chi connectivity index (χ1v) is 7.21. The number of nitrogens with zero attached hydrogens (tertiary/aromatic N) is 2. The van der Waals surface area contributed by atoms with Crippen LogP contribution < -0.4 is 5.32 Å². The zero-order chi connectivity index (χ0) is 13.7. The third kappa shape index (κ3) is 3.25. The Labute approximate surface area is 115 Å². The Balaban J connectivity index is 2.16. The summed E-state index contributed by atoms with van der Waals surface area (Å²) >= 11 is 0. The van der Waals surface area contributed by atoms with Crippen molar-refractivity contribution >= 4 is 11.7 Å². The molecule has 1 aliphatic rings. The molecule has 1 saturated heterocycles. The highest BCUT2D eigenvalue weighted by molar-refractivity contribution is 5.95. The molecular weight excluding hydrogens is 238 g/mol. The van der Waals surface area contributed by atoms with E-state index < -0.39 is 0 Å². The summed E-state index contributed by atoms with van der Waals surface area (Å²) in [5.41, 5.74) is 0.738. The van der Waals surface area contributed by atoms with Gasteiger partial charge in [-0.05, 0) is 37.8 Å². The lowest BCUT2D eigenvalue weighted by Crippen LogP contribution is -2.43. The van der Waals surface area contributed by atoms with Gasteiger partial charge in [0.2, 0.25) is 0 Å². The molecule has 1 atom stereocenters. The molecule has 0 saturated carbocycles. The Morgan fingerprint density at radius 2 is 2.37 bits per heavy atom. The highest BCUT2D eigenvalue weighted by Crippen LogP contribution is 2.23. The number of piperidine rings is 1. The van der Waals surface area contributed by atoms with Crippen molar-refractivity contribution in [3.8, 4) is 0 Å². The van der Waals surface area contributed by atoms with E-state index >= 15 is 0 Å². The first-order chi connectivity index (χ1) is 9.26. The fourth-order valence-corrected chi connectivity index (χ4v) is 2.77. The summed E-state index contributed by atoms with van der Waals surface area (Å²) < 4.78 is 0. The molecule has 1 fully saturated rings. The Morgan fingerprint density at radius 3 is 3.11 bits per heavy atom. The maximum atomic E-state index is 12.6. The van der Waals surface area contributed by atoms with E-state index in [1.807, 2.05) is 13.1 Å². The van der Waals surface area contributed by atoms with Crippen molar-refractivity contribution in [2.45, 2.75) is 45.1 Å². The number of rotatable bonds is 4. The largest absolute Gasteiger partial charge is 0.373 e. The number of pyridine rings is 1. The van der Waals surface area contributed by atoms with E-state index in [4.69, 9.17) is 0 Å².